The first-order chi connectivity index (χ1) is 13.8. The lowest BCUT2D eigenvalue weighted by atomic mass is 10.0. The lowest BCUT2D eigenvalue weighted by Crippen LogP contribution is -2.02. The molecule has 1 aromatic heterocycles. The maximum Gasteiger partial charge on any atom is 0.303 e. The summed E-state index contributed by atoms with van der Waals surface area (Å²) >= 11 is 0. The van der Waals surface area contributed by atoms with Crippen LogP contribution in [0.2, 0.25) is 0 Å². The van der Waals surface area contributed by atoms with Gasteiger partial charge < -0.3 is 15.2 Å². The number of aliphatic carboxylic acids is 2. The van der Waals surface area contributed by atoms with Gasteiger partial charge in [0.05, 0.1) is 0 Å². The summed E-state index contributed by atoms with van der Waals surface area (Å²) in [5, 5.41) is 19.0. The summed E-state index contributed by atoms with van der Waals surface area (Å²) in [4.78, 5) is 49.2. The second-order valence-electron chi connectivity index (χ2n) is 6.99. The Kier molecular flexibility index (Phi) is 6.07. The molecule has 3 rings (SSSR count). The summed E-state index contributed by atoms with van der Waals surface area (Å²) < 4.78 is 0. The molecule has 2 aromatic carbocycles. The molecule has 0 unspecified atom stereocenters. The standard InChI is InChI=1S/C22H21NO6/c24-19(3-1-5-21(26)27)13-7-9-17-15(11-13)16-12-14(8-10-18(16)23-17)20(25)4-2-6-22(28)29/h7-12,23H,1-6H2,(H,26,27)(H,28,29). The molecule has 0 aliphatic carbocycles. The highest BCUT2D eigenvalue weighted by molar-refractivity contribution is 6.12. The van der Waals surface area contributed by atoms with E-state index in [1.807, 2.05) is 0 Å². The fourth-order valence-electron chi connectivity index (χ4n) is 3.33. The van der Waals surface area contributed by atoms with E-state index in [-0.39, 0.29) is 50.1 Å². The summed E-state index contributed by atoms with van der Waals surface area (Å²) in [5.41, 5.74) is 2.67. The van der Waals surface area contributed by atoms with E-state index < -0.39 is 11.9 Å². The van der Waals surface area contributed by atoms with Crippen molar-refractivity contribution in [3.05, 3.63) is 47.5 Å². The zero-order chi connectivity index (χ0) is 21.0. The Morgan fingerprint density at radius 3 is 1.45 bits per heavy atom. The monoisotopic (exact) mass is 395 g/mol. The van der Waals surface area contributed by atoms with E-state index in [1.165, 1.54) is 0 Å². The Morgan fingerprint density at radius 1 is 0.655 bits per heavy atom. The Bertz CT molecular complexity index is 1020. The summed E-state index contributed by atoms with van der Waals surface area (Å²) in [7, 11) is 0. The number of H-pyrrole nitrogens is 1. The molecule has 7 heteroatoms. The van der Waals surface area contributed by atoms with Crippen molar-refractivity contribution in [2.24, 2.45) is 0 Å². The van der Waals surface area contributed by atoms with Crippen LogP contribution >= 0.6 is 0 Å². The summed E-state index contributed by atoms with van der Waals surface area (Å²) in [6, 6.07) is 10.5. The molecule has 0 radical (unpaired) electrons. The number of carboxylic acid groups (broad SMARTS) is 2. The molecule has 0 aliphatic heterocycles. The van der Waals surface area contributed by atoms with Crippen LogP contribution in [0.3, 0.4) is 0 Å². The van der Waals surface area contributed by atoms with Crippen molar-refractivity contribution >= 4 is 45.3 Å². The number of ketones is 2. The fraction of sp³-hybridized carbons (Fsp3) is 0.273. The number of aromatic nitrogens is 1. The molecule has 0 amide bonds. The van der Waals surface area contributed by atoms with Crippen molar-refractivity contribution in [1.29, 1.82) is 0 Å². The van der Waals surface area contributed by atoms with Crippen molar-refractivity contribution < 1.29 is 29.4 Å². The van der Waals surface area contributed by atoms with E-state index in [4.69, 9.17) is 10.2 Å². The molecular weight excluding hydrogens is 374 g/mol. The van der Waals surface area contributed by atoms with E-state index in [0.717, 1.165) is 21.8 Å². The zero-order valence-corrected chi connectivity index (χ0v) is 15.7. The van der Waals surface area contributed by atoms with Crippen molar-refractivity contribution in [3.63, 3.8) is 0 Å². The number of benzene rings is 2. The van der Waals surface area contributed by atoms with Crippen LogP contribution < -0.4 is 0 Å². The smallest absolute Gasteiger partial charge is 0.303 e. The molecule has 0 saturated heterocycles. The van der Waals surface area contributed by atoms with Gasteiger partial charge in [0.25, 0.3) is 0 Å². The Balaban J connectivity index is 1.85. The average Bonchev–Trinajstić information content (AvgIpc) is 3.04. The molecule has 0 spiro atoms. The predicted octanol–water partition coefficient (Wildman–Crippen LogP) is 4.20. The molecule has 0 aliphatic rings. The van der Waals surface area contributed by atoms with E-state index in [0.29, 0.717) is 11.1 Å². The summed E-state index contributed by atoms with van der Waals surface area (Å²) in [5.74, 6) is -2.09. The molecule has 0 fully saturated rings. The average molecular weight is 395 g/mol. The molecule has 1 heterocycles. The highest BCUT2D eigenvalue weighted by Crippen LogP contribution is 2.28. The molecule has 150 valence electrons. The van der Waals surface area contributed by atoms with Crippen molar-refractivity contribution in [2.45, 2.75) is 38.5 Å². The number of Topliss-reactive ketones (excluding diaryl/α,β-unsaturated/α-hetero) is 2. The van der Waals surface area contributed by atoms with E-state index in [9.17, 15) is 19.2 Å². The van der Waals surface area contributed by atoms with Crippen LogP contribution in [0.1, 0.15) is 59.2 Å². The SMILES string of the molecule is O=C(O)CCCC(=O)c1ccc2[nH]c3ccc(C(=O)CCCC(=O)O)cc3c2c1. The number of carbonyl (C=O) groups is 4. The summed E-state index contributed by atoms with van der Waals surface area (Å²) in [6.07, 6.45) is 0.800. The van der Waals surface area contributed by atoms with Gasteiger partial charge >= 0.3 is 11.9 Å². The highest BCUT2D eigenvalue weighted by atomic mass is 16.4. The Labute approximate surface area is 166 Å². The summed E-state index contributed by atoms with van der Waals surface area (Å²) in [6.45, 7) is 0. The lowest BCUT2D eigenvalue weighted by molar-refractivity contribution is -0.138. The molecular formula is C22H21NO6. The first kappa shape index (κ1) is 20.3. The number of rotatable bonds is 10. The van der Waals surface area contributed by atoms with E-state index in [1.54, 1.807) is 36.4 Å². The minimum Gasteiger partial charge on any atom is -0.481 e. The molecule has 0 bridgehead atoms. The molecule has 3 aromatic rings. The molecule has 0 saturated carbocycles. The third kappa shape index (κ3) is 4.87. The third-order valence-corrected chi connectivity index (χ3v) is 4.83. The van der Waals surface area contributed by atoms with Gasteiger partial charge in [-0.05, 0) is 49.2 Å². The molecule has 0 atom stereocenters. The van der Waals surface area contributed by atoms with Gasteiger partial charge in [-0.1, -0.05) is 0 Å². The van der Waals surface area contributed by atoms with Gasteiger partial charge in [-0.3, -0.25) is 19.2 Å². The van der Waals surface area contributed by atoms with Gasteiger partial charge in [-0.25, -0.2) is 0 Å². The van der Waals surface area contributed by atoms with Crippen LogP contribution in [0.5, 0.6) is 0 Å². The van der Waals surface area contributed by atoms with Gasteiger partial charge in [0, 0.05) is 58.6 Å². The van der Waals surface area contributed by atoms with Crippen LogP contribution in [-0.4, -0.2) is 38.7 Å². The number of nitrogens with one attached hydrogen (secondary N) is 1. The largest absolute Gasteiger partial charge is 0.481 e. The predicted molar refractivity (Wildman–Crippen MR) is 107 cm³/mol. The Hall–Kier alpha value is -3.48. The minimum atomic E-state index is -0.926. The number of carboxylic acids is 2. The third-order valence-electron chi connectivity index (χ3n) is 4.83. The zero-order valence-electron chi connectivity index (χ0n) is 15.7. The minimum absolute atomic E-state index is 0.0472. The number of fused-ring (bicyclic) bond motifs is 3. The van der Waals surface area contributed by atoms with Crippen LogP contribution in [0.25, 0.3) is 21.8 Å². The van der Waals surface area contributed by atoms with Gasteiger partial charge in [-0.2, -0.15) is 0 Å². The molecule has 7 nitrogen and oxygen atoms in total. The molecule has 3 N–H and O–H groups in total. The van der Waals surface area contributed by atoms with E-state index >= 15 is 0 Å². The van der Waals surface area contributed by atoms with Crippen LogP contribution in [0.4, 0.5) is 0 Å². The Morgan fingerprint density at radius 2 is 1.07 bits per heavy atom. The topological polar surface area (TPSA) is 125 Å². The van der Waals surface area contributed by atoms with Crippen molar-refractivity contribution in [1.82, 2.24) is 4.98 Å². The highest BCUT2D eigenvalue weighted by Gasteiger charge is 2.13. The first-order valence-corrected chi connectivity index (χ1v) is 9.40. The second kappa shape index (κ2) is 8.68. The van der Waals surface area contributed by atoms with Gasteiger partial charge in [0.15, 0.2) is 11.6 Å². The number of hydrogen-bond donors (Lipinski definition) is 3. The van der Waals surface area contributed by atoms with Gasteiger partial charge in [-0.15, -0.1) is 0 Å². The normalized spacial score (nSPS) is 11.0. The van der Waals surface area contributed by atoms with E-state index in [2.05, 4.69) is 4.98 Å². The fourth-order valence-corrected chi connectivity index (χ4v) is 3.33. The van der Waals surface area contributed by atoms with Crippen molar-refractivity contribution in [3.8, 4) is 0 Å². The number of carbonyl (C=O) groups excluding carboxylic acids is 2. The maximum atomic E-state index is 12.4. The maximum absolute atomic E-state index is 12.4. The lowest BCUT2D eigenvalue weighted by Gasteiger charge is -2.02. The number of hydrogen-bond acceptors (Lipinski definition) is 4. The number of aromatic amines is 1. The quantitative estimate of drug-likeness (QED) is 0.442. The first-order valence-electron chi connectivity index (χ1n) is 9.40. The second-order valence-corrected chi connectivity index (χ2v) is 6.99. The van der Waals surface area contributed by atoms with Gasteiger partial charge in [0.1, 0.15) is 0 Å². The van der Waals surface area contributed by atoms with Crippen LogP contribution in [-0.2, 0) is 9.59 Å². The van der Waals surface area contributed by atoms with Crippen molar-refractivity contribution in [2.75, 3.05) is 0 Å². The van der Waals surface area contributed by atoms with Crippen LogP contribution in [0.15, 0.2) is 36.4 Å². The molecule has 29 heavy (non-hydrogen) atoms. The van der Waals surface area contributed by atoms with Gasteiger partial charge in [0.2, 0.25) is 0 Å². The van der Waals surface area contributed by atoms with Crippen LogP contribution in [0, 0.1) is 0 Å².